The number of carbonyl (C=O) groups is 1. The number of hydrogen-bond donors (Lipinski definition) is 0. The van der Waals surface area contributed by atoms with Crippen LogP contribution in [0.15, 0.2) is 24.4 Å². The van der Waals surface area contributed by atoms with E-state index < -0.39 is 0 Å². The Morgan fingerprint density at radius 3 is 2.80 bits per heavy atom. The van der Waals surface area contributed by atoms with E-state index in [1.807, 2.05) is 23.5 Å². The molecule has 0 bridgehead atoms. The number of nitrogens with zero attached hydrogens (tertiary/aromatic N) is 3. The van der Waals surface area contributed by atoms with Gasteiger partial charge in [-0.2, -0.15) is 0 Å². The lowest BCUT2D eigenvalue weighted by atomic mass is 9.82. The second-order valence-corrected chi connectivity index (χ2v) is 9.72. The third kappa shape index (κ3) is 3.43. The van der Waals surface area contributed by atoms with Crippen LogP contribution in [0.25, 0.3) is 10.6 Å². The molecule has 0 radical (unpaired) electrons. The van der Waals surface area contributed by atoms with Gasteiger partial charge in [-0.3, -0.25) is 14.7 Å². The molecular weight excluding hydrogens is 398 g/mol. The lowest BCUT2D eigenvalue weighted by Gasteiger charge is -2.44. The summed E-state index contributed by atoms with van der Waals surface area (Å²) in [6.07, 6.45) is 6.56. The number of hydrogen-bond acceptors (Lipinski definition) is 6. The van der Waals surface area contributed by atoms with Crippen molar-refractivity contribution in [2.75, 3.05) is 40.4 Å². The zero-order valence-electron chi connectivity index (χ0n) is 17.7. The Morgan fingerprint density at radius 1 is 1.30 bits per heavy atom. The third-order valence-corrected chi connectivity index (χ3v) is 8.14. The molecule has 2 aromatic rings. The fourth-order valence-electron chi connectivity index (χ4n) is 5.12. The Balaban J connectivity index is 1.34. The predicted molar refractivity (Wildman–Crippen MR) is 117 cm³/mol. The molecule has 3 aliphatic rings. The molecule has 7 heteroatoms. The molecule has 0 aromatic carbocycles. The molecular formula is C23H29N3O3S. The third-order valence-electron chi connectivity index (χ3n) is 6.92. The maximum atomic E-state index is 13.0. The van der Waals surface area contributed by atoms with E-state index in [0.717, 1.165) is 69.8 Å². The summed E-state index contributed by atoms with van der Waals surface area (Å²) in [7, 11) is 3.72. The summed E-state index contributed by atoms with van der Waals surface area (Å²) in [5.41, 5.74) is 2.03. The van der Waals surface area contributed by atoms with Crippen molar-refractivity contribution in [3.05, 3.63) is 34.8 Å². The normalized spacial score (nSPS) is 23.5. The molecule has 2 fully saturated rings. The Labute approximate surface area is 181 Å². The number of amides is 1. The first-order valence-corrected chi connectivity index (χ1v) is 11.7. The fraction of sp³-hybridized carbons (Fsp3) is 0.565. The highest BCUT2D eigenvalue weighted by Crippen LogP contribution is 2.46. The number of aromatic nitrogens is 1. The van der Waals surface area contributed by atoms with Gasteiger partial charge in [-0.15, -0.1) is 11.3 Å². The highest BCUT2D eigenvalue weighted by molar-refractivity contribution is 7.15. The van der Waals surface area contributed by atoms with Gasteiger partial charge in [-0.05, 0) is 63.0 Å². The molecule has 0 N–H and O–H groups in total. The molecule has 3 aliphatic heterocycles. The van der Waals surface area contributed by atoms with Crippen LogP contribution in [0.4, 0.5) is 0 Å². The van der Waals surface area contributed by atoms with Gasteiger partial charge in [0.15, 0.2) is 0 Å². The zero-order chi connectivity index (χ0) is 20.7. The van der Waals surface area contributed by atoms with E-state index in [4.69, 9.17) is 9.47 Å². The molecule has 6 nitrogen and oxygen atoms in total. The summed E-state index contributed by atoms with van der Waals surface area (Å²) in [4.78, 5) is 24.4. The Kier molecular flexibility index (Phi) is 5.29. The number of likely N-dealkylation sites (N-methyl/N-ethyl adjacent to an activating group) is 1. The lowest BCUT2D eigenvalue weighted by molar-refractivity contribution is -0.144. The largest absolute Gasteiger partial charge is 0.495 e. The van der Waals surface area contributed by atoms with Crippen molar-refractivity contribution in [2.24, 2.45) is 0 Å². The van der Waals surface area contributed by atoms with Crippen molar-refractivity contribution in [1.29, 1.82) is 0 Å². The van der Waals surface area contributed by atoms with Gasteiger partial charge >= 0.3 is 0 Å². The molecule has 1 atom stereocenters. The second kappa shape index (κ2) is 7.94. The molecule has 2 aromatic heterocycles. The van der Waals surface area contributed by atoms with Crippen molar-refractivity contribution >= 4 is 17.2 Å². The van der Waals surface area contributed by atoms with E-state index in [-0.39, 0.29) is 11.6 Å². The summed E-state index contributed by atoms with van der Waals surface area (Å²) >= 11 is 1.83. The molecule has 5 rings (SSSR count). The first-order valence-electron chi connectivity index (χ1n) is 10.9. The maximum absolute atomic E-state index is 13.0. The van der Waals surface area contributed by atoms with Crippen molar-refractivity contribution in [3.63, 3.8) is 0 Å². The van der Waals surface area contributed by atoms with Crippen LogP contribution in [0.1, 0.15) is 36.1 Å². The molecule has 0 aliphatic carbocycles. The van der Waals surface area contributed by atoms with Gasteiger partial charge < -0.3 is 14.4 Å². The smallest absolute Gasteiger partial charge is 0.239 e. The number of methoxy groups -OCH3 is 1. The maximum Gasteiger partial charge on any atom is 0.239 e. The minimum absolute atomic E-state index is 0.0655. The standard InChI is InChI=1S/C23H29N3O3S/c1-25-10-3-4-19(25)22(27)26-11-8-23(9-12-26)17-14-21(30-20(17)7-13-29-23)18-6-5-16(28-2)15-24-18/h5-6,14-15,19H,3-4,7-13H2,1-2H3/t19-/m0/s1. The van der Waals surface area contributed by atoms with E-state index in [0.29, 0.717) is 5.91 Å². The van der Waals surface area contributed by atoms with E-state index in [9.17, 15) is 4.79 Å². The summed E-state index contributed by atoms with van der Waals surface area (Å²) in [5, 5.41) is 0. The Morgan fingerprint density at radius 2 is 2.13 bits per heavy atom. The van der Waals surface area contributed by atoms with E-state index in [1.54, 1.807) is 13.3 Å². The monoisotopic (exact) mass is 427 g/mol. The first kappa shape index (κ1) is 20.0. The van der Waals surface area contributed by atoms with Crippen LogP contribution < -0.4 is 4.74 Å². The number of likely N-dealkylation sites (tertiary alicyclic amines) is 2. The van der Waals surface area contributed by atoms with Crippen molar-refractivity contribution in [1.82, 2.24) is 14.8 Å². The molecule has 0 saturated carbocycles. The average molecular weight is 428 g/mol. The molecule has 5 heterocycles. The quantitative estimate of drug-likeness (QED) is 0.752. The summed E-state index contributed by atoms with van der Waals surface area (Å²) in [6.45, 7) is 3.32. The number of ether oxygens (including phenoxy) is 2. The van der Waals surface area contributed by atoms with Gasteiger partial charge in [-0.25, -0.2) is 0 Å². The van der Waals surface area contributed by atoms with Crippen LogP contribution in [-0.4, -0.2) is 67.1 Å². The Hall–Kier alpha value is -1.96. The van der Waals surface area contributed by atoms with Crippen molar-refractivity contribution < 1.29 is 14.3 Å². The van der Waals surface area contributed by atoms with Gasteiger partial charge in [-0.1, -0.05) is 0 Å². The number of pyridine rings is 1. The van der Waals surface area contributed by atoms with Gasteiger partial charge in [0, 0.05) is 24.4 Å². The van der Waals surface area contributed by atoms with Gasteiger partial charge in [0.05, 0.1) is 42.1 Å². The molecule has 30 heavy (non-hydrogen) atoms. The Bertz CT molecular complexity index is 918. The van der Waals surface area contributed by atoms with Crippen LogP contribution in [0.2, 0.25) is 0 Å². The lowest BCUT2D eigenvalue weighted by Crippen LogP contribution is -2.52. The number of fused-ring (bicyclic) bond motifs is 2. The summed E-state index contributed by atoms with van der Waals surface area (Å²) < 4.78 is 11.6. The molecule has 1 amide bonds. The topological polar surface area (TPSA) is 54.9 Å². The van der Waals surface area contributed by atoms with E-state index >= 15 is 0 Å². The molecule has 2 saturated heterocycles. The summed E-state index contributed by atoms with van der Waals surface area (Å²) in [5.74, 6) is 1.07. The van der Waals surface area contributed by atoms with Gasteiger partial charge in [0.2, 0.25) is 5.91 Å². The number of piperidine rings is 1. The van der Waals surface area contributed by atoms with E-state index in [1.165, 1.54) is 15.3 Å². The molecule has 0 unspecified atom stereocenters. The zero-order valence-corrected chi connectivity index (χ0v) is 18.5. The minimum atomic E-state index is -0.257. The van der Waals surface area contributed by atoms with Crippen LogP contribution >= 0.6 is 11.3 Å². The fourth-order valence-corrected chi connectivity index (χ4v) is 6.33. The second-order valence-electron chi connectivity index (χ2n) is 8.59. The van der Waals surface area contributed by atoms with Crippen molar-refractivity contribution in [2.45, 2.75) is 43.7 Å². The SMILES string of the molecule is COc1ccc(-c2cc3c(s2)CCOC32CCN(C(=O)[C@@H]3CCCN3C)CC2)nc1. The number of rotatable bonds is 3. The number of thiophene rings is 1. The molecule has 160 valence electrons. The summed E-state index contributed by atoms with van der Waals surface area (Å²) in [6, 6.07) is 6.31. The van der Waals surface area contributed by atoms with Crippen LogP contribution in [0.3, 0.4) is 0 Å². The van der Waals surface area contributed by atoms with Crippen molar-refractivity contribution in [3.8, 4) is 16.3 Å². The molecule has 1 spiro atoms. The average Bonchev–Trinajstić information content (AvgIpc) is 3.41. The van der Waals surface area contributed by atoms with E-state index in [2.05, 4.69) is 27.9 Å². The van der Waals surface area contributed by atoms with Crippen LogP contribution in [-0.2, 0) is 21.6 Å². The minimum Gasteiger partial charge on any atom is -0.495 e. The van der Waals surface area contributed by atoms with Crippen LogP contribution in [0, 0.1) is 0 Å². The van der Waals surface area contributed by atoms with Crippen LogP contribution in [0.5, 0.6) is 5.75 Å². The predicted octanol–water partition coefficient (Wildman–Crippen LogP) is 3.30. The highest BCUT2D eigenvalue weighted by atomic mass is 32.1. The first-order chi connectivity index (χ1) is 14.6. The number of carbonyl (C=O) groups excluding carboxylic acids is 1. The highest BCUT2D eigenvalue weighted by Gasteiger charge is 2.44. The van der Waals surface area contributed by atoms with Gasteiger partial charge in [0.1, 0.15) is 5.75 Å². The van der Waals surface area contributed by atoms with Gasteiger partial charge in [0.25, 0.3) is 0 Å².